The molecule has 1 aromatic heterocycles. The molecule has 0 fully saturated rings. The lowest BCUT2D eigenvalue weighted by molar-refractivity contribution is 0.102. The first kappa shape index (κ1) is 25.1. The van der Waals surface area contributed by atoms with Crippen molar-refractivity contribution in [2.24, 2.45) is 11.8 Å². The predicted molar refractivity (Wildman–Crippen MR) is 130 cm³/mol. The summed E-state index contributed by atoms with van der Waals surface area (Å²) < 4.78 is 34.1. The van der Waals surface area contributed by atoms with Gasteiger partial charge in [0.15, 0.2) is 0 Å². The first-order valence-corrected chi connectivity index (χ1v) is 12.8. The maximum absolute atomic E-state index is 13.1. The number of benzene rings is 2. The van der Waals surface area contributed by atoms with Crippen LogP contribution in [0.3, 0.4) is 0 Å². The molecule has 0 aliphatic carbocycles. The Morgan fingerprint density at radius 2 is 1.67 bits per heavy atom. The van der Waals surface area contributed by atoms with Gasteiger partial charge < -0.3 is 4.42 Å². The molecule has 8 nitrogen and oxygen atoms in total. The molecule has 0 spiro atoms. The largest absolute Gasteiger partial charge is 0.403 e. The van der Waals surface area contributed by atoms with Gasteiger partial charge in [-0.3, -0.25) is 10.1 Å². The molecule has 10 heteroatoms. The van der Waals surface area contributed by atoms with Gasteiger partial charge in [0.25, 0.3) is 5.91 Å². The first-order chi connectivity index (χ1) is 15.6. The van der Waals surface area contributed by atoms with Crippen LogP contribution in [0.4, 0.5) is 6.01 Å². The molecule has 0 aliphatic rings. The SMILES string of the molecule is CC(C)CN(CC(C)C)S(=O)(=O)c1ccc(C(=O)Nc2nnc(-c3cccc(Br)c3)o2)cc1. The van der Waals surface area contributed by atoms with Gasteiger partial charge >= 0.3 is 6.01 Å². The summed E-state index contributed by atoms with van der Waals surface area (Å²) in [4.78, 5) is 12.7. The van der Waals surface area contributed by atoms with E-state index in [0.29, 0.717) is 18.7 Å². The average Bonchev–Trinajstić information content (AvgIpc) is 3.21. The predicted octanol–water partition coefficient (Wildman–Crippen LogP) is 5.05. The van der Waals surface area contributed by atoms with E-state index < -0.39 is 15.9 Å². The molecule has 0 radical (unpaired) electrons. The van der Waals surface area contributed by atoms with Gasteiger partial charge in [-0.25, -0.2) is 8.42 Å². The number of carbonyl (C=O) groups is 1. The molecule has 1 heterocycles. The summed E-state index contributed by atoms with van der Waals surface area (Å²) in [5, 5.41) is 10.4. The smallest absolute Gasteiger partial charge is 0.322 e. The number of carbonyl (C=O) groups excluding carboxylic acids is 1. The van der Waals surface area contributed by atoms with Gasteiger partial charge in [-0.05, 0) is 54.3 Å². The van der Waals surface area contributed by atoms with Crippen LogP contribution in [-0.2, 0) is 10.0 Å². The van der Waals surface area contributed by atoms with Crippen LogP contribution < -0.4 is 5.32 Å². The minimum atomic E-state index is -3.67. The van der Waals surface area contributed by atoms with Crippen LogP contribution in [0.15, 0.2) is 62.3 Å². The average molecular weight is 535 g/mol. The number of hydrogen-bond acceptors (Lipinski definition) is 6. The molecule has 3 rings (SSSR count). The lowest BCUT2D eigenvalue weighted by Crippen LogP contribution is -2.37. The maximum Gasteiger partial charge on any atom is 0.322 e. The molecule has 0 atom stereocenters. The number of hydrogen-bond donors (Lipinski definition) is 1. The Labute approximate surface area is 202 Å². The zero-order valence-electron chi connectivity index (χ0n) is 18.9. The van der Waals surface area contributed by atoms with E-state index in [1.54, 1.807) is 0 Å². The monoisotopic (exact) mass is 534 g/mol. The summed E-state index contributed by atoms with van der Waals surface area (Å²) in [6.45, 7) is 8.79. The molecular weight excluding hydrogens is 508 g/mol. The highest BCUT2D eigenvalue weighted by Gasteiger charge is 2.26. The molecule has 3 aromatic rings. The highest BCUT2D eigenvalue weighted by atomic mass is 79.9. The molecular formula is C23H27BrN4O4S. The fourth-order valence-electron chi connectivity index (χ4n) is 3.19. The van der Waals surface area contributed by atoms with Crippen LogP contribution in [0.5, 0.6) is 0 Å². The number of amides is 1. The van der Waals surface area contributed by atoms with Crippen LogP contribution in [0.2, 0.25) is 0 Å². The normalized spacial score (nSPS) is 12.0. The van der Waals surface area contributed by atoms with Crippen molar-refractivity contribution < 1.29 is 17.6 Å². The van der Waals surface area contributed by atoms with E-state index >= 15 is 0 Å². The van der Waals surface area contributed by atoms with Crippen LogP contribution in [0, 0.1) is 11.8 Å². The van der Waals surface area contributed by atoms with Crippen molar-refractivity contribution in [3.8, 4) is 11.5 Å². The molecule has 176 valence electrons. The Bertz CT molecular complexity index is 1200. The van der Waals surface area contributed by atoms with Gasteiger partial charge in [-0.1, -0.05) is 54.8 Å². The van der Waals surface area contributed by atoms with Gasteiger partial charge in [0.1, 0.15) is 0 Å². The molecule has 1 amide bonds. The second kappa shape index (κ2) is 10.6. The highest BCUT2D eigenvalue weighted by molar-refractivity contribution is 9.10. The second-order valence-corrected chi connectivity index (χ2v) is 11.4. The van der Waals surface area contributed by atoms with E-state index in [2.05, 4.69) is 31.4 Å². The summed E-state index contributed by atoms with van der Waals surface area (Å²) >= 11 is 3.38. The minimum Gasteiger partial charge on any atom is -0.403 e. The Morgan fingerprint density at radius 3 is 2.24 bits per heavy atom. The van der Waals surface area contributed by atoms with Gasteiger partial charge in [0, 0.05) is 28.7 Å². The zero-order valence-corrected chi connectivity index (χ0v) is 21.4. The third-order valence-corrected chi connectivity index (χ3v) is 6.95. The molecule has 0 unspecified atom stereocenters. The lowest BCUT2D eigenvalue weighted by atomic mass is 10.2. The molecule has 2 aromatic carbocycles. The van der Waals surface area contributed by atoms with Crippen LogP contribution in [0.1, 0.15) is 38.1 Å². The van der Waals surface area contributed by atoms with E-state index in [1.165, 1.54) is 28.6 Å². The van der Waals surface area contributed by atoms with E-state index in [0.717, 1.165) is 4.47 Å². The number of aromatic nitrogens is 2. The van der Waals surface area contributed by atoms with Crippen LogP contribution in [0.25, 0.3) is 11.5 Å². The summed E-state index contributed by atoms with van der Waals surface area (Å²) in [6, 6.07) is 13.1. The van der Waals surface area contributed by atoms with Crippen molar-refractivity contribution in [2.45, 2.75) is 32.6 Å². The van der Waals surface area contributed by atoms with E-state index in [1.807, 2.05) is 52.0 Å². The Balaban J connectivity index is 1.73. The molecule has 0 saturated heterocycles. The third kappa shape index (κ3) is 6.49. The highest BCUT2D eigenvalue weighted by Crippen LogP contribution is 2.24. The number of sulfonamides is 1. The summed E-state index contributed by atoms with van der Waals surface area (Å²) in [5.74, 6) is 0.174. The topological polar surface area (TPSA) is 105 Å². The first-order valence-electron chi connectivity index (χ1n) is 10.6. The van der Waals surface area contributed by atoms with Crippen molar-refractivity contribution in [1.82, 2.24) is 14.5 Å². The third-order valence-electron chi connectivity index (χ3n) is 4.61. The van der Waals surface area contributed by atoms with Gasteiger partial charge in [-0.2, -0.15) is 4.31 Å². The Morgan fingerprint density at radius 1 is 1.03 bits per heavy atom. The quantitative estimate of drug-likeness (QED) is 0.411. The summed E-state index contributed by atoms with van der Waals surface area (Å²) in [5.41, 5.74) is 0.981. The minimum absolute atomic E-state index is 0.0493. The second-order valence-electron chi connectivity index (χ2n) is 8.51. The van der Waals surface area contributed by atoms with Crippen molar-refractivity contribution >= 4 is 37.9 Å². The molecule has 0 aliphatic heterocycles. The van der Waals surface area contributed by atoms with Gasteiger partial charge in [0.2, 0.25) is 15.9 Å². The molecule has 1 N–H and O–H groups in total. The summed E-state index contributed by atoms with van der Waals surface area (Å²) in [6.07, 6.45) is 0. The molecule has 33 heavy (non-hydrogen) atoms. The van der Waals surface area contributed by atoms with E-state index in [9.17, 15) is 13.2 Å². The number of nitrogens with zero attached hydrogens (tertiary/aromatic N) is 3. The van der Waals surface area contributed by atoms with Crippen molar-refractivity contribution in [2.75, 3.05) is 18.4 Å². The van der Waals surface area contributed by atoms with Gasteiger partial charge in [0.05, 0.1) is 4.90 Å². The number of anilines is 1. The number of rotatable bonds is 9. The maximum atomic E-state index is 13.1. The Kier molecular flexibility index (Phi) is 8.04. The van der Waals surface area contributed by atoms with Crippen LogP contribution >= 0.6 is 15.9 Å². The van der Waals surface area contributed by atoms with Gasteiger partial charge in [-0.15, -0.1) is 5.10 Å². The fourth-order valence-corrected chi connectivity index (χ4v) is 5.36. The van der Waals surface area contributed by atoms with Crippen molar-refractivity contribution in [1.29, 1.82) is 0 Å². The van der Waals surface area contributed by atoms with Crippen LogP contribution in [-0.4, -0.2) is 41.9 Å². The standard InChI is InChI=1S/C23H27BrN4O4S/c1-15(2)13-28(14-16(3)4)33(30,31)20-10-8-17(9-11-20)21(29)25-23-27-26-22(32-23)18-6-5-7-19(24)12-18/h5-12,15-16H,13-14H2,1-4H3,(H,25,27,29). The Hall–Kier alpha value is -2.56. The fraction of sp³-hybridized carbons (Fsp3) is 0.348. The van der Waals surface area contributed by atoms with E-state index in [-0.39, 0.29) is 34.2 Å². The van der Waals surface area contributed by atoms with Crippen molar-refractivity contribution in [3.63, 3.8) is 0 Å². The number of halogens is 1. The number of nitrogens with one attached hydrogen (secondary N) is 1. The zero-order chi connectivity index (χ0) is 24.2. The van der Waals surface area contributed by atoms with E-state index in [4.69, 9.17) is 4.42 Å². The molecule has 0 saturated carbocycles. The summed E-state index contributed by atoms with van der Waals surface area (Å²) in [7, 11) is -3.67. The molecule has 0 bridgehead atoms. The van der Waals surface area contributed by atoms with Crippen molar-refractivity contribution in [3.05, 3.63) is 58.6 Å². The lowest BCUT2D eigenvalue weighted by Gasteiger charge is -2.25.